The first-order valence-electron chi connectivity index (χ1n) is 8.75. The second-order valence-electron chi connectivity index (χ2n) is 6.63. The van der Waals surface area contributed by atoms with E-state index in [0.29, 0.717) is 11.3 Å². The highest BCUT2D eigenvalue weighted by molar-refractivity contribution is 5.91. The van der Waals surface area contributed by atoms with Crippen LogP contribution in [0.15, 0.2) is 22.4 Å². The SMILES string of the molecule is C.Cc1cc(C)c(/C=N/O)c(C)c1/C=N/O.O.[C-]#[N+]c1c(C)cc(C)c(C#[N+][O-])c1C. The van der Waals surface area contributed by atoms with Crippen molar-refractivity contribution >= 4 is 18.1 Å². The van der Waals surface area contributed by atoms with E-state index in [2.05, 4.69) is 26.2 Å². The molecule has 0 amide bonds. The molecule has 0 aliphatic heterocycles. The number of benzene rings is 2. The highest BCUT2D eigenvalue weighted by atomic mass is 16.4. The molecule has 0 bridgehead atoms. The number of hydrogen-bond acceptors (Lipinski definition) is 5. The van der Waals surface area contributed by atoms with Crippen molar-refractivity contribution in [2.75, 3.05) is 0 Å². The van der Waals surface area contributed by atoms with E-state index in [0.717, 1.165) is 44.5 Å². The van der Waals surface area contributed by atoms with Crippen LogP contribution in [0.4, 0.5) is 5.69 Å². The minimum atomic E-state index is 0. The summed E-state index contributed by atoms with van der Waals surface area (Å²) in [6, 6.07) is 6.20. The maximum absolute atomic E-state index is 10.1. The van der Waals surface area contributed by atoms with Crippen molar-refractivity contribution in [3.63, 3.8) is 0 Å². The maximum atomic E-state index is 10.1. The predicted molar refractivity (Wildman–Crippen MR) is 126 cm³/mol. The molecule has 0 heterocycles. The van der Waals surface area contributed by atoms with Gasteiger partial charge in [-0.1, -0.05) is 29.9 Å². The standard InChI is InChI=1S/C11H14N2O2.C11H10N2O.CH4.H2O/c1-7-4-8(2)11(6-13-15)9(3)10(7)5-12-14;1-7-5-8(2)11(12-4)9(3)10(7)6-13-14;;/h4-6,14-15H,1-3H3;5H,1-3H3;1H4;1H2/b12-5+,13-6+;;;. The molecule has 2 rings (SSSR count). The van der Waals surface area contributed by atoms with Crippen LogP contribution in [0.25, 0.3) is 9.85 Å². The van der Waals surface area contributed by atoms with E-state index in [4.69, 9.17) is 17.0 Å². The number of aryl methyl sites for hydroxylation is 4. The summed E-state index contributed by atoms with van der Waals surface area (Å²) in [6.07, 6.45) is 2.78. The lowest BCUT2D eigenvalue weighted by Crippen LogP contribution is -2.01. The molecule has 166 valence electrons. The van der Waals surface area contributed by atoms with Crippen LogP contribution in [0.2, 0.25) is 0 Å². The van der Waals surface area contributed by atoms with Gasteiger partial charge in [0.05, 0.1) is 24.6 Å². The van der Waals surface area contributed by atoms with Gasteiger partial charge in [-0.2, -0.15) is 0 Å². The fourth-order valence-corrected chi connectivity index (χ4v) is 3.29. The third-order valence-corrected chi connectivity index (χ3v) is 4.66. The Morgan fingerprint density at radius 3 is 1.71 bits per heavy atom. The van der Waals surface area contributed by atoms with Crippen LogP contribution >= 0.6 is 0 Å². The number of hydrogen-bond donors (Lipinski definition) is 2. The summed E-state index contributed by atoms with van der Waals surface area (Å²) in [5, 5.41) is 35.9. The summed E-state index contributed by atoms with van der Waals surface area (Å²) in [4.78, 5) is 3.42. The number of rotatable bonds is 2. The van der Waals surface area contributed by atoms with Crippen LogP contribution in [-0.4, -0.2) is 28.3 Å². The molecule has 31 heavy (non-hydrogen) atoms. The van der Waals surface area contributed by atoms with Gasteiger partial charge in [-0.05, 0) is 74.9 Å². The van der Waals surface area contributed by atoms with Gasteiger partial charge < -0.3 is 21.1 Å². The minimum Gasteiger partial charge on any atom is -0.498 e. The largest absolute Gasteiger partial charge is 0.498 e. The van der Waals surface area contributed by atoms with Crippen LogP contribution < -0.4 is 0 Å². The van der Waals surface area contributed by atoms with Gasteiger partial charge in [-0.3, -0.25) is 0 Å². The van der Waals surface area contributed by atoms with Gasteiger partial charge in [0, 0.05) is 16.1 Å². The van der Waals surface area contributed by atoms with Gasteiger partial charge in [0.25, 0.3) is 0 Å². The molecule has 0 saturated heterocycles. The van der Waals surface area contributed by atoms with E-state index in [1.165, 1.54) is 12.4 Å². The Kier molecular flexibility index (Phi) is 12.6. The van der Waals surface area contributed by atoms with Gasteiger partial charge in [-0.25, -0.2) is 4.85 Å². The molecule has 0 spiro atoms. The Bertz CT molecular complexity index is 1040. The minimum absolute atomic E-state index is 0. The molecule has 2 aromatic rings. The van der Waals surface area contributed by atoms with Crippen LogP contribution in [-0.2, 0) is 0 Å². The van der Waals surface area contributed by atoms with E-state index in [1.807, 2.05) is 46.8 Å². The summed E-state index contributed by atoms with van der Waals surface area (Å²) in [6.45, 7) is 18.4. The zero-order chi connectivity index (χ0) is 22.1. The third kappa shape index (κ3) is 6.84. The maximum Gasteiger partial charge on any atom is 0.335 e. The van der Waals surface area contributed by atoms with E-state index in [-0.39, 0.29) is 12.9 Å². The Morgan fingerprint density at radius 2 is 1.32 bits per heavy atom. The third-order valence-electron chi connectivity index (χ3n) is 4.66. The Hall–Kier alpha value is -3.88. The zero-order valence-electron chi connectivity index (χ0n) is 17.9. The Morgan fingerprint density at radius 1 is 0.871 bits per heavy atom. The van der Waals surface area contributed by atoms with Crippen molar-refractivity contribution in [2.24, 2.45) is 10.3 Å². The molecular weight excluding hydrogens is 396 g/mol. The first-order chi connectivity index (χ1) is 13.7. The van der Waals surface area contributed by atoms with Crippen molar-refractivity contribution in [2.45, 2.75) is 49.0 Å². The summed E-state index contributed by atoms with van der Waals surface area (Å²) in [5.41, 5.74) is 8.52. The molecule has 8 nitrogen and oxygen atoms in total. The van der Waals surface area contributed by atoms with Crippen molar-refractivity contribution in [1.82, 2.24) is 0 Å². The Labute approximate surface area is 183 Å². The van der Waals surface area contributed by atoms with Crippen molar-refractivity contribution in [1.29, 1.82) is 0 Å². The van der Waals surface area contributed by atoms with E-state index >= 15 is 0 Å². The molecule has 0 atom stereocenters. The summed E-state index contributed by atoms with van der Waals surface area (Å²) < 4.78 is 0. The molecule has 0 aromatic heterocycles. The number of oxime groups is 2. The lowest BCUT2D eigenvalue weighted by atomic mass is 9.94. The quantitative estimate of drug-likeness (QED) is 0.289. The molecule has 0 saturated carbocycles. The van der Waals surface area contributed by atoms with Crippen LogP contribution in [0.1, 0.15) is 57.5 Å². The van der Waals surface area contributed by atoms with Crippen LogP contribution in [0.3, 0.4) is 0 Å². The average molecular weight is 427 g/mol. The summed E-state index contributed by atoms with van der Waals surface area (Å²) in [7, 11) is 0. The lowest BCUT2D eigenvalue weighted by Gasteiger charge is -2.10. The molecule has 2 aromatic carbocycles. The van der Waals surface area contributed by atoms with Gasteiger partial charge in [0.2, 0.25) is 0 Å². The fraction of sp³-hybridized carbons (Fsp3) is 0.304. The second-order valence-corrected chi connectivity index (χ2v) is 6.63. The molecule has 0 unspecified atom stereocenters. The van der Waals surface area contributed by atoms with Crippen molar-refractivity contribution < 1.29 is 15.9 Å². The van der Waals surface area contributed by atoms with Gasteiger partial charge >= 0.3 is 6.07 Å². The monoisotopic (exact) mass is 426 g/mol. The average Bonchev–Trinajstić information content (AvgIpc) is 2.66. The molecule has 8 heteroatoms. The van der Waals surface area contributed by atoms with Gasteiger partial charge in [0.1, 0.15) is 0 Å². The van der Waals surface area contributed by atoms with Gasteiger partial charge in [0.15, 0.2) is 5.69 Å². The van der Waals surface area contributed by atoms with E-state index in [1.54, 1.807) is 6.92 Å². The highest BCUT2D eigenvalue weighted by Gasteiger charge is 2.12. The van der Waals surface area contributed by atoms with Crippen LogP contribution in [0, 0.1) is 59.4 Å². The lowest BCUT2D eigenvalue weighted by molar-refractivity contribution is 0.321. The molecule has 0 aliphatic carbocycles. The molecule has 0 aliphatic rings. The molecule has 4 N–H and O–H groups in total. The summed E-state index contributed by atoms with van der Waals surface area (Å²) >= 11 is 0. The Balaban J connectivity index is 0. The first kappa shape index (κ1) is 29.3. The normalized spacial score (nSPS) is 9.58. The summed E-state index contributed by atoms with van der Waals surface area (Å²) in [5.74, 6) is 0. The highest BCUT2D eigenvalue weighted by Crippen LogP contribution is 2.28. The van der Waals surface area contributed by atoms with Crippen molar-refractivity contribution in [3.8, 4) is 6.07 Å². The predicted octanol–water partition coefficient (Wildman–Crippen LogP) is 5.38. The molecular formula is C23H30N4O4. The smallest absolute Gasteiger partial charge is 0.335 e. The molecule has 0 fully saturated rings. The topological polar surface area (TPSA) is 128 Å². The first-order valence-corrected chi connectivity index (χ1v) is 8.75. The second kappa shape index (κ2) is 13.4. The van der Waals surface area contributed by atoms with Crippen molar-refractivity contribution in [3.05, 3.63) is 83.8 Å². The number of nitrogens with zero attached hydrogens (tertiary/aromatic N) is 4. The van der Waals surface area contributed by atoms with E-state index in [9.17, 15) is 5.21 Å². The zero-order valence-corrected chi connectivity index (χ0v) is 17.9. The van der Waals surface area contributed by atoms with E-state index < -0.39 is 0 Å². The van der Waals surface area contributed by atoms with Gasteiger partial charge in [-0.15, -0.1) is 0 Å². The fourth-order valence-electron chi connectivity index (χ4n) is 3.29. The molecule has 0 radical (unpaired) electrons. The van der Waals surface area contributed by atoms with Crippen LogP contribution in [0.5, 0.6) is 0 Å².